The molecule has 0 saturated heterocycles. The minimum atomic E-state index is -0.671. The van der Waals surface area contributed by atoms with Crippen LogP contribution in [0, 0.1) is 0 Å². The average molecular weight is 208 g/mol. The number of carbonyl (C=O) groups is 2. The molecule has 0 aromatic rings. The van der Waals surface area contributed by atoms with E-state index < -0.39 is 12.1 Å². The summed E-state index contributed by atoms with van der Waals surface area (Å²) in [7, 11) is 0. The molecule has 1 amide bonds. The lowest BCUT2D eigenvalue weighted by Crippen LogP contribution is -2.47. The van der Waals surface area contributed by atoms with Crippen molar-refractivity contribution in [1.29, 1.82) is 0 Å². The molecule has 70 valence electrons. The van der Waals surface area contributed by atoms with E-state index in [1.165, 1.54) is 0 Å². The number of carbonyl (C=O) groups excluding carboxylic acids is 2. The summed E-state index contributed by atoms with van der Waals surface area (Å²) in [5, 5.41) is 2.41. The second-order valence-electron chi connectivity index (χ2n) is 2.22. The first-order valence-corrected chi connectivity index (χ1v) is 4.65. The highest BCUT2D eigenvalue weighted by Gasteiger charge is 2.14. The van der Waals surface area contributed by atoms with Gasteiger partial charge in [0.1, 0.15) is 6.29 Å². The van der Waals surface area contributed by atoms with Gasteiger partial charge in [-0.15, -0.1) is 0 Å². The molecule has 6 heteroatoms. The van der Waals surface area contributed by atoms with Gasteiger partial charge in [-0.25, -0.2) is 0 Å². The van der Waals surface area contributed by atoms with Crippen LogP contribution in [0.1, 0.15) is 0 Å². The van der Waals surface area contributed by atoms with Crippen molar-refractivity contribution in [3.63, 3.8) is 0 Å². The van der Waals surface area contributed by atoms with E-state index in [1.54, 1.807) is 0 Å². The van der Waals surface area contributed by atoms with Crippen LogP contribution in [0.4, 0.5) is 0 Å². The molecule has 3 N–H and O–H groups in total. The van der Waals surface area contributed by atoms with Crippen LogP contribution in [0.2, 0.25) is 0 Å². The molecule has 0 rings (SSSR count). The maximum atomic E-state index is 11.0. The van der Waals surface area contributed by atoms with E-state index in [-0.39, 0.29) is 17.4 Å². The first-order chi connectivity index (χ1) is 5.65. The first kappa shape index (κ1) is 11.8. The standard InChI is InChI=1S/C6H12N2O2S2/c7-5(3-12)6(10)8-4(1-9)2-11/h1,4-5,11-12H,2-3,7H2,(H,8,10)/t4-,5+/m1/s1. The molecule has 12 heavy (non-hydrogen) atoms. The van der Waals surface area contributed by atoms with Gasteiger partial charge in [-0.2, -0.15) is 25.3 Å². The van der Waals surface area contributed by atoms with Crippen molar-refractivity contribution in [2.75, 3.05) is 11.5 Å². The van der Waals surface area contributed by atoms with Crippen LogP contribution in [0.5, 0.6) is 0 Å². The highest BCUT2D eigenvalue weighted by Crippen LogP contribution is 1.87. The fourth-order valence-corrected chi connectivity index (χ4v) is 0.839. The van der Waals surface area contributed by atoms with Crippen molar-refractivity contribution in [3.8, 4) is 0 Å². The third-order valence-corrected chi connectivity index (χ3v) is 2.01. The zero-order valence-electron chi connectivity index (χ0n) is 6.43. The maximum absolute atomic E-state index is 11.0. The number of thiol groups is 2. The van der Waals surface area contributed by atoms with E-state index in [4.69, 9.17) is 5.73 Å². The van der Waals surface area contributed by atoms with Crippen LogP contribution in [0.3, 0.4) is 0 Å². The molecule has 0 aliphatic rings. The molecule has 0 radical (unpaired) electrons. The van der Waals surface area contributed by atoms with Crippen molar-refractivity contribution in [2.45, 2.75) is 12.1 Å². The van der Waals surface area contributed by atoms with E-state index in [0.29, 0.717) is 6.29 Å². The van der Waals surface area contributed by atoms with Crippen molar-refractivity contribution in [1.82, 2.24) is 5.32 Å². The van der Waals surface area contributed by atoms with E-state index in [2.05, 4.69) is 30.6 Å². The van der Waals surface area contributed by atoms with Gasteiger partial charge in [-0.05, 0) is 0 Å². The monoisotopic (exact) mass is 208 g/mol. The largest absolute Gasteiger partial charge is 0.344 e. The number of nitrogens with two attached hydrogens (primary N) is 1. The molecule has 0 aliphatic carbocycles. The molecule has 0 aromatic heterocycles. The molecule has 0 fully saturated rings. The summed E-state index contributed by atoms with van der Waals surface area (Å²) >= 11 is 7.70. The minimum Gasteiger partial charge on any atom is -0.344 e. The molecule has 0 unspecified atom stereocenters. The molecule has 0 aromatic carbocycles. The van der Waals surface area contributed by atoms with Crippen molar-refractivity contribution in [3.05, 3.63) is 0 Å². The SMILES string of the molecule is N[C@@H](CS)C(=O)N[C@H](C=O)CS. The van der Waals surface area contributed by atoms with E-state index in [1.807, 2.05) is 0 Å². The molecule has 2 atom stereocenters. The number of hydrogen-bond donors (Lipinski definition) is 4. The van der Waals surface area contributed by atoms with Crippen molar-refractivity contribution in [2.24, 2.45) is 5.73 Å². The summed E-state index contributed by atoms with van der Waals surface area (Å²) in [6, 6.07) is -1.23. The molecule has 0 bridgehead atoms. The summed E-state index contributed by atoms with van der Waals surface area (Å²) in [6.07, 6.45) is 0.621. The number of nitrogens with one attached hydrogen (secondary N) is 1. The van der Waals surface area contributed by atoms with E-state index >= 15 is 0 Å². The van der Waals surface area contributed by atoms with Gasteiger partial charge in [0.25, 0.3) is 0 Å². The molecule has 0 aliphatic heterocycles. The predicted molar refractivity (Wildman–Crippen MR) is 53.7 cm³/mol. The van der Waals surface area contributed by atoms with Gasteiger partial charge < -0.3 is 15.8 Å². The van der Waals surface area contributed by atoms with Crippen molar-refractivity contribution >= 4 is 37.5 Å². The molecule has 0 spiro atoms. The Bertz CT molecular complexity index is 166. The summed E-state index contributed by atoms with van der Waals surface area (Å²) in [4.78, 5) is 21.3. The predicted octanol–water partition coefficient (Wildman–Crippen LogP) is -1.14. The topological polar surface area (TPSA) is 72.2 Å². The molecule has 0 heterocycles. The third kappa shape index (κ3) is 3.99. The first-order valence-electron chi connectivity index (χ1n) is 3.38. The van der Waals surface area contributed by atoms with Gasteiger partial charge in [0.2, 0.25) is 5.91 Å². The second-order valence-corrected chi connectivity index (χ2v) is 2.95. The Morgan fingerprint density at radius 3 is 2.42 bits per heavy atom. The third-order valence-electron chi connectivity index (χ3n) is 1.22. The van der Waals surface area contributed by atoms with Crippen LogP contribution in [0.25, 0.3) is 0 Å². The zero-order valence-corrected chi connectivity index (χ0v) is 8.22. The Kier molecular flexibility index (Phi) is 6.23. The van der Waals surface area contributed by atoms with Crippen LogP contribution in [-0.2, 0) is 9.59 Å². The van der Waals surface area contributed by atoms with Crippen LogP contribution < -0.4 is 11.1 Å². The summed E-state index contributed by atoms with van der Waals surface area (Å²) in [5.74, 6) is 0.148. The highest BCUT2D eigenvalue weighted by atomic mass is 32.1. The lowest BCUT2D eigenvalue weighted by atomic mass is 10.3. The number of hydrogen-bond acceptors (Lipinski definition) is 5. The quantitative estimate of drug-likeness (QED) is 0.341. The maximum Gasteiger partial charge on any atom is 0.238 e. The highest BCUT2D eigenvalue weighted by molar-refractivity contribution is 7.80. The second kappa shape index (κ2) is 6.33. The fourth-order valence-electron chi connectivity index (χ4n) is 0.495. The van der Waals surface area contributed by atoms with Crippen LogP contribution in [-0.4, -0.2) is 35.8 Å². The van der Waals surface area contributed by atoms with E-state index in [0.717, 1.165) is 0 Å². The molecular weight excluding hydrogens is 196 g/mol. The summed E-state index contributed by atoms with van der Waals surface area (Å²) < 4.78 is 0. The Balaban J connectivity index is 3.89. The Hall–Kier alpha value is -0.200. The van der Waals surface area contributed by atoms with E-state index in [9.17, 15) is 9.59 Å². The van der Waals surface area contributed by atoms with Gasteiger partial charge >= 0.3 is 0 Å². The molecular formula is C6H12N2O2S2. The lowest BCUT2D eigenvalue weighted by molar-refractivity contribution is -0.124. The molecule has 0 saturated carbocycles. The smallest absolute Gasteiger partial charge is 0.238 e. The zero-order chi connectivity index (χ0) is 9.56. The number of amides is 1. The number of aldehydes is 1. The minimum absolute atomic E-state index is 0.254. The van der Waals surface area contributed by atoms with Gasteiger partial charge in [0, 0.05) is 11.5 Å². The lowest BCUT2D eigenvalue weighted by Gasteiger charge is -2.12. The van der Waals surface area contributed by atoms with Gasteiger partial charge in [-0.1, -0.05) is 0 Å². The Labute approximate surface area is 82.1 Å². The summed E-state index contributed by atoms with van der Waals surface area (Å²) in [6.45, 7) is 0. The Morgan fingerprint density at radius 1 is 1.50 bits per heavy atom. The Morgan fingerprint density at radius 2 is 2.08 bits per heavy atom. The van der Waals surface area contributed by atoms with Crippen LogP contribution in [0.15, 0.2) is 0 Å². The van der Waals surface area contributed by atoms with Crippen molar-refractivity contribution < 1.29 is 9.59 Å². The van der Waals surface area contributed by atoms with Crippen LogP contribution >= 0.6 is 25.3 Å². The van der Waals surface area contributed by atoms with Gasteiger partial charge in [0.05, 0.1) is 12.1 Å². The van der Waals surface area contributed by atoms with Gasteiger partial charge in [-0.3, -0.25) is 4.79 Å². The number of rotatable bonds is 5. The average Bonchev–Trinajstić information content (AvgIpc) is 2.12. The normalized spacial score (nSPS) is 14.9. The summed E-state index contributed by atoms with van der Waals surface area (Å²) in [5.41, 5.74) is 5.34. The van der Waals surface area contributed by atoms with Gasteiger partial charge in [0.15, 0.2) is 0 Å². The fraction of sp³-hybridized carbons (Fsp3) is 0.667. The molecule has 4 nitrogen and oxygen atoms in total.